The van der Waals surface area contributed by atoms with Gasteiger partial charge < -0.3 is 5.32 Å². The molecule has 0 aliphatic carbocycles. The Morgan fingerprint density at radius 3 is 2.40 bits per heavy atom. The largest absolute Gasteiger partial charge is 0.321 e. The van der Waals surface area contributed by atoms with E-state index in [1.807, 2.05) is 37.3 Å². The molecule has 0 radical (unpaired) electrons. The van der Waals surface area contributed by atoms with Crippen molar-refractivity contribution in [1.82, 2.24) is 14.1 Å². The van der Waals surface area contributed by atoms with Crippen molar-refractivity contribution < 1.29 is 13.2 Å². The first-order chi connectivity index (χ1) is 14.3. The zero-order chi connectivity index (χ0) is 21.9. The molecule has 0 spiro atoms. The molecular weight excluding hydrogens is 424 g/mol. The molecule has 1 aromatic heterocycles. The molecule has 2 aromatic carbocycles. The first-order valence-corrected chi connectivity index (χ1v) is 11.3. The first-order valence-electron chi connectivity index (χ1n) is 9.51. The lowest BCUT2D eigenvalue weighted by Gasteiger charge is -2.19. The summed E-state index contributed by atoms with van der Waals surface area (Å²) in [4.78, 5) is 12.7. The van der Waals surface area contributed by atoms with Crippen molar-refractivity contribution >= 4 is 33.2 Å². The van der Waals surface area contributed by atoms with Crippen molar-refractivity contribution in [1.29, 1.82) is 0 Å². The minimum atomic E-state index is -3.76. The Balaban J connectivity index is 1.88. The van der Waals surface area contributed by atoms with Gasteiger partial charge in [-0.05, 0) is 43.3 Å². The van der Waals surface area contributed by atoms with Crippen molar-refractivity contribution in [2.45, 2.75) is 25.7 Å². The summed E-state index contributed by atoms with van der Waals surface area (Å²) in [6, 6.07) is 15.5. The molecule has 1 heterocycles. The fourth-order valence-electron chi connectivity index (χ4n) is 3.09. The van der Waals surface area contributed by atoms with Gasteiger partial charge in [-0.15, -0.1) is 0 Å². The Kier molecular flexibility index (Phi) is 6.60. The molecule has 7 nitrogen and oxygen atoms in total. The lowest BCUT2D eigenvalue weighted by Crippen LogP contribution is -2.30. The van der Waals surface area contributed by atoms with Gasteiger partial charge in [-0.1, -0.05) is 43.6 Å². The maximum Gasteiger partial charge on any atom is 0.276 e. The van der Waals surface area contributed by atoms with E-state index >= 15 is 0 Å². The van der Waals surface area contributed by atoms with Crippen LogP contribution in [0.4, 0.5) is 5.69 Å². The van der Waals surface area contributed by atoms with Gasteiger partial charge in [0, 0.05) is 24.5 Å². The molecule has 0 fully saturated rings. The molecule has 1 N–H and O–H groups in total. The molecule has 0 aliphatic heterocycles. The van der Waals surface area contributed by atoms with Crippen LogP contribution < -0.4 is 5.32 Å². The van der Waals surface area contributed by atoms with Crippen LogP contribution >= 0.6 is 11.6 Å². The number of amides is 1. The van der Waals surface area contributed by atoms with E-state index in [1.165, 1.54) is 16.4 Å². The number of carbonyl (C=O) groups excluding carboxylic acids is 1. The van der Waals surface area contributed by atoms with E-state index < -0.39 is 15.9 Å². The molecule has 0 saturated heterocycles. The van der Waals surface area contributed by atoms with Crippen LogP contribution in [0.3, 0.4) is 0 Å². The van der Waals surface area contributed by atoms with E-state index in [4.69, 9.17) is 11.6 Å². The van der Waals surface area contributed by atoms with Crippen molar-refractivity contribution in [3.8, 4) is 5.69 Å². The van der Waals surface area contributed by atoms with Crippen LogP contribution in [0.15, 0.2) is 59.5 Å². The molecule has 30 heavy (non-hydrogen) atoms. The molecule has 3 rings (SSSR count). The van der Waals surface area contributed by atoms with E-state index in [9.17, 15) is 13.2 Å². The zero-order valence-electron chi connectivity index (χ0n) is 17.0. The summed E-state index contributed by atoms with van der Waals surface area (Å²) in [6.07, 6.45) is 0. The third-order valence-electron chi connectivity index (χ3n) is 4.63. The lowest BCUT2D eigenvalue weighted by molar-refractivity contribution is 0.102. The van der Waals surface area contributed by atoms with Gasteiger partial charge in [0.1, 0.15) is 4.90 Å². The summed E-state index contributed by atoms with van der Waals surface area (Å²) in [5.74, 6) is -0.443. The normalized spacial score (nSPS) is 11.6. The van der Waals surface area contributed by atoms with Crippen LogP contribution in [-0.4, -0.2) is 41.5 Å². The summed E-state index contributed by atoms with van der Waals surface area (Å²) in [5, 5.41) is 7.18. The molecule has 0 atom stereocenters. The predicted octanol–water partition coefficient (Wildman–Crippen LogP) is 4.12. The molecule has 9 heteroatoms. The SMILES string of the molecule is CCN(CC)S(=O)(=O)c1cc(NC(=O)c2cc(C)n(-c3ccccc3)n2)ccc1Cl. The van der Waals surface area contributed by atoms with Crippen LogP contribution in [0.25, 0.3) is 5.69 Å². The second kappa shape index (κ2) is 8.99. The van der Waals surface area contributed by atoms with Crippen LogP contribution in [0.5, 0.6) is 0 Å². The number of nitrogens with one attached hydrogen (secondary N) is 1. The van der Waals surface area contributed by atoms with Crippen LogP contribution in [0.2, 0.25) is 5.02 Å². The summed E-state index contributed by atoms with van der Waals surface area (Å²) < 4.78 is 28.7. The minimum Gasteiger partial charge on any atom is -0.321 e. The number of halogens is 1. The second-order valence-electron chi connectivity index (χ2n) is 6.61. The number of aryl methyl sites for hydroxylation is 1. The Morgan fingerprint density at radius 2 is 1.77 bits per heavy atom. The smallest absolute Gasteiger partial charge is 0.276 e. The predicted molar refractivity (Wildman–Crippen MR) is 118 cm³/mol. The maximum absolute atomic E-state index is 12.8. The Hall–Kier alpha value is -2.68. The quantitative estimate of drug-likeness (QED) is 0.591. The maximum atomic E-state index is 12.8. The molecule has 3 aromatic rings. The monoisotopic (exact) mass is 446 g/mol. The van der Waals surface area contributed by atoms with Crippen molar-refractivity contribution in [2.24, 2.45) is 0 Å². The average molecular weight is 447 g/mol. The number of aromatic nitrogens is 2. The van der Waals surface area contributed by atoms with Gasteiger partial charge in [0.05, 0.1) is 10.7 Å². The Bertz CT molecular complexity index is 1160. The third kappa shape index (κ3) is 4.40. The molecular formula is C21H23ClN4O3S. The summed E-state index contributed by atoms with van der Waals surface area (Å²) in [5.41, 5.74) is 2.18. The van der Waals surface area contributed by atoms with E-state index in [2.05, 4.69) is 10.4 Å². The van der Waals surface area contributed by atoms with Gasteiger partial charge in [0.25, 0.3) is 5.91 Å². The van der Waals surface area contributed by atoms with Crippen LogP contribution in [-0.2, 0) is 10.0 Å². The summed E-state index contributed by atoms with van der Waals surface area (Å²) >= 11 is 6.15. The number of para-hydroxylation sites is 1. The third-order valence-corrected chi connectivity index (χ3v) is 7.16. The molecule has 158 valence electrons. The number of anilines is 1. The van der Waals surface area contributed by atoms with Gasteiger partial charge in [-0.25, -0.2) is 13.1 Å². The summed E-state index contributed by atoms with van der Waals surface area (Å²) in [7, 11) is -3.76. The average Bonchev–Trinajstić information content (AvgIpc) is 3.12. The number of nitrogens with zero attached hydrogens (tertiary/aromatic N) is 3. The fraction of sp³-hybridized carbons (Fsp3) is 0.238. The standard InChI is InChI=1S/C21H23ClN4O3S/c1-4-25(5-2)30(28,29)20-14-16(11-12-18(20)22)23-21(27)19-13-15(3)26(24-19)17-9-7-6-8-10-17/h6-14H,4-5H2,1-3H3,(H,23,27). The molecule has 0 aliphatic rings. The number of hydrogen-bond acceptors (Lipinski definition) is 4. The van der Waals surface area contributed by atoms with Gasteiger partial charge in [-0.2, -0.15) is 9.40 Å². The molecule has 0 unspecified atom stereocenters. The summed E-state index contributed by atoms with van der Waals surface area (Å²) in [6.45, 7) is 6.01. The number of sulfonamides is 1. The number of carbonyl (C=O) groups is 1. The van der Waals surface area contributed by atoms with E-state index in [0.717, 1.165) is 11.4 Å². The van der Waals surface area contributed by atoms with Crippen molar-refractivity contribution in [3.63, 3.8) is 0 Å². The molecule has 0 saturated carbocycles. The Morgan fingerprint density at radius 1 is 1.10 bits per heavy atom. The molecule has 0 bridgehead atoms. The van der Waals surface area contributed by atoms with E-state index in [1.54, 1.807) is 30.7 Å². The highest BCUT2D eigenvalue weighted by Gasteiger charge is 2.25. The zero-order valence-corrected chi connectivity index (χ0v) is 18.5. The topological polar surface area (TPSA) is 84.3 Å². The highest BCUT2D eigenvalue weighted by Crippen LogP contribution is 2.28. The number of benzene rings is 2. The Labute approximate surface area is 181 Å². The lowest BCUT2D eigenvalue weighted by atomic mass is 10.3. The first kappa shape index (κ1) is 22.0. The van der Waals surface area contributed by atoms with Gasteiger partial charge in [-0.3, -0.25) is 4.79 Å². The fourth-order valence-corrected chi connectivity index (χ4v) is 5.05. The minimum absolute atomic E-state index is 0.0448. The van der Waals surface area contributed by atoms with Crippen LogP contribution in [0, 0.1) is 6.92 Å². The molecule has 1 amide bonds. The van der Waals surface area contributed by atoms with Crippen molar-refractivity contribution in [2.75, 3.05) is 18.4 Å². The highest BCUT2D eigenvalue weighted by molar-refractivity contribution is 7.89. The van der Waals surface area contributed by atoms with Gasteiger partial charge >= 0.3 is 0 Å². The van der Waals surface area contributed by atoms with Crippen molar-refractivity contribution in [3.05, 3.63) is 71.0 Å². The van der Waals surface area contributed by atoms with Gasteiger partial charge in [0.15, 0.2) is 5.69 Å². The second-order valence-corrected chi connectivity index (χ2v) is 8.92. The van der Waals surface area contributed by atoms with E-state index in [0.29, 0.717) is 18.8 Å². The highest BCUT2D eigenvalue weighted by atomic mass is 35.5. The van der Waals surface area contributed by atoms with E-state index in [-0.39, 0.29) is 15.6 Å². The number of hydrogen-bond donors (Lipinski definition) is 1. The van der Waals surface area contributed by atoms with Gasteiger partial charge in [0.2, 0.25) is 10.0 Å². The van der Waals surface area contributed by atoms with Crippen LogP contribution in [0.1, 0.15) is 30.0 Å². The number of rotatable bonds is 7.